The summed E-state index contributed by atoms with van der Waals surface area (Å²) in [6.07, 6.45) is 1.65. The minimum absolute atomic E-state index is 0.00669. The Kier molecular flexibility index (Phi) is 6.51. The second kappa shape index (κ2) is 9.50. The number of hydrogen-bond donors (Lipinski definition) is 2. The highest BCUT2D eigenvalue weighted by molar-refractivity contribution is 6.46. The lowest BCUT2D eigenvalue weighted by Crippen LogP contribution is -2.33. The number of aliphatic hydroxyl groups is 1. The Morgan fingerprint density at radius 1 is 1.15 bits per heavy atom. The largest absolute Gasteiger partial charge is 0.507 e. The van der Waals surface area contributed by atoms with E-state index in [1.165, 1.54) is 4.90 Å². The summed E-state index contributed by atoms with van der Waals surface area (Å²) < 4.78 is 11.3. The van der Waals surface area contributed by atoms with Crippen molar-refractivity contribution >= 4 is 28.4 Å². The maximum Gasteiger partial charge on any atom is 0.295 e. The van der Waals surface area contributed by atoms with Gasteiger partial charge in [-0.3, -0.25) is 9.59 Å². The fourth-order valence-corrected chi connectivity index (χ4v) is 4.20. The van der Waals surface area contributed by atoms with Crippen LogP contribution in [0.2, 0.25) is 0 Å². The normalized spacial score (nSPS) is 17.9. The molecule has 2 aromatic carbocycles. The highest BCUT2D eigenvalue weighted by atomic mass is 16.5. The van der Waals surface area contributed by atoms with Crippen LogP contribution < -0.4 is 4.74 Å². The molecule has 1 atom stereocenters. The number of para-hydroxylation sites is 1. The number of amides is 1. The quantitative estimate of drug-likeness (QED) is 0.303. The molecule has 1 fully saturated rings. The van der Waals surface area contributed by atoms with E-state index >= 15 is 0 Å². The van der Waals surface area contributed by atoms with Gasteiger partial charge in [-0.25, -0.2) is 0 Å². The lowest BCUT2D eigenvalue weighted by atomic mass is 9.95. The van der Waals surface area contributed by atoms with Gasteiger partial charge in [0.2, 0.25) is 0 Å². The number of hydrogen-bond acceptors (Lipinski definition) is 5. The molecule has 1 aromatic heterocycles. The second-order valence-corrected chi connectivity index (χ2v) is 8.17. The van der Waals surface area contributed by atoms with Crippen LogP contribution in [0.25, 0.3) is 16.7 Å². The smallest absolute Gasteiger partial charge is 0.295 e. The Balaban J connectivity index is 1.84. The van der Waals surface area contributed by atoms with E-state index in [4.69, 9.17) is 9.47 Å². The van der Waals surface area contributed by atoms with Gasteiger partial charge in [0.1, 0.15) is 11.5 Å². The molecule has 1 aliphatic rings. The number of rotatable bonds is 8. The minimum atomic E-state index is -0.755. The lowest BCUT2D eigenvalue weighted by molar-refractivity contribution is -0.140. The summed E-state index contributed by atoms with van der Waals surface area (Å²) in [4.78, 5) is 30.8. The number of ether oxygens (including phenoxy) is 2. The van der Waals surface area contributed by atoms with Crippen LogP contribution in [0.5, 0.6) is 5.75 Å². The number of likely N-dealkylation sites (tertiary alicyclic amines) is 1. The van der Waals surface area contributed by atoms with Crippen molar-refractivity contribution in [2.75, 3.05) is 19.8 Å². The van der Waals surface area contributed by atoms with E-state index in [2.05, 4.69) is 4.98 Å². The Labute approximate surface area is 192 Å². The zero-order chi connectivity index (χ0) is 23.5. The van der Waals surface area contributed by atoms with Crippen LogP contribution in [0.4, 0.5) is 0 Å². The van der Waals surface area contributed by atoms with Crippen LogP contribution in [-0.4, -0.2) is 52.5 Å². The van der Waals surface area contributed by atoms with Crippen LogP contribution >= 0.6 is 0 Å². The number of aliphatic hydroxyl groups excluding tert-OH is 1. The number of Topliss-reactive ketones (excluding diaryl/α,β-unsaturated/α-hetero) is 1. The van der Waals surface area contributed by atoms with Crippen molar-refractivity contribution in [1.29, 1.82) is 0 Å². The molecule has 7 heteroatoms. The summed E-state index contributed by atoms with van der Waals surface area (Å²) in [5.41, 5.74) is 2.05. The average Bonchev–Trinajstić information content (AvgIpc) is 3.34. The predicted octanol–water partition coefficient (Wildman–Crippen LogP) is 4.41. The molecule has 0 aliphatic carbocycles. The second-order valence-electron chi connectivity index (χ2n) is 8.17. The van der Waals surface area contributed by atoms with Crippen LogP contribution in [0.3, 0.4) is 0 Å². The first kappa shape index (κ1) is 22.6. The minimum Gasteiger partial charge on any atom is -0.507 e. The average molecular weight is 449 g/mol. The number of fused-ring (bicyclic) bond motifs is 1. The monoisotopic (exact) mass is 448 g/mol. The van der Waals surface area contributed by atoms with Gasteiger partial charge in [-0.1, -0.05) is 30.3 Å². The highest BCUT2D eigenvalue weighted by Crippen LogP contribution is 2.41. The lowest BCUT2D eigenvalue weighted by Gasteiger charge is -2.26. The number of aromatic nitrogens is 1. The molecule has 1 saturated heterocycles. The molecular weight excluding hydrogens is 420 g/mol. The van der Waals surface area contributed by atoms with Crippen molar-refractivity contribution < 1.29 is 24.2 Å². The fourth-order valence-electron chi connectivity index (χ4n) is 4.20. The van der Waals surface area contributed by atoms with E-state index in [1.54, 1.807) is 12.3 Å². The van der Waals surface area contributed by atoms with Gasteiger partial charge in [-0.05, 0) is 44.5 Å². The zero-order valence-corrected chi connectivity index (χ0v) is 19.0. The number of carbonyl (C=O) groups is 2. The van der Waals surface area contributed by atoms with Gasteiger partial charge in [-0.15, -0.1) is 0 Å². The molecule has 1 unspecified atom stereocenters. The molecule has 3 aromatic rings. The molecule has 2 N–H and O–H groups in total. The van der Waals surface area contributed by atoms with Gasteiger partial charge >= 0.3 is 0 Å². The summed E-state index contributed by atoms with van der Waals surface area (Å²) >= 11 is 0. The number of ketones is 1. The SMILES string of the molecule is CCOc1cccc(C2/C(=C(/O)c3c[nH]c4ccccc34)C(=O)C(=O)N2CCOC(C)C)c1. The summed E-state index contributed by atoms with van der Waals surface area (Å²) in [5, 5.41) is 12.1. The van der Waals surface area contributed by atoms with Crippen molar-refractivity contribution in [3.05, 3.63) is 71.4 Å². The summed E-state index contributed by atoms with van der Waals surface area (Å²) in [7, 11) is 0. The summed E-state index contributed by atoms with van der Waals surface area (Å²) in [6, 6.07) is 14.0. The molecule has 33 heavy (non-hydrogen) atoms. The Hall–Kier alpha value is -3.58. The Morgan fingerprint density at radius 3 is 2.70 bits per heavy atom. The molecule has 1 amide bonds. The van der Waals surface area contributed by atoms with Gasteiger partial charge < -0.3 is 24.5 Å². The van der Waals surface area contributed by atoms with Crippen LogP contribution in [0, 0.1) is 0 Å². The van der Waals surface area contributed by atoms with E-state index in [0.717, 1.165) is 10.9 Å². The van der Waals surface area contributed by atoms with Gasteiger partial charge in [0.15, 0.2) is 0 Å². The molecule has 4 rings (SSSR count). The number of H-pyrrole nitrogens is 1. The predicted molar refractivity (Wildman–Crippen MR) is 126 cm³/mol. The molecule has 172 valence electrons. The third kappa shape index (κ3) is 4.36. The molecule has 7 nitrogen and oxygen atoms in total. The van der Waals surface area contributed by atoms with E-state index in [1.807, 2.05) is 63.2 Å². The highest BCUT2D eigenvalue weighted by Gasteiger charge is 2.46. The van der Waals surface area contributed by atoms with Gasteiger partial charge in [-0.2, -0.15) is 0 Å². The molecule has 1 aliphatic heterocycles. The molecule has 0 bridgehead atoms. The summed E-state index contributed by atoms with van der Waals surface area (Å²) in [6.45, 7) is 6.69. The molecule has 0 radical (unpaired) electrons. The fraction of sp³-hybridized carbons (Fsp3) is 0.308. The van der Waals surface area contributed by atoms with E-state index < -0.39 is 17.7 Å². The first-order valence-corrected chi connectivity index (χ1v) is 11.1. The van der Waals surface area contributed by atoms with E-state index in [0.29, 0.717) is 23.5 Å². The summed E-state index contributed by atoms with van der Waals surface area (Å²) in [5.74, 6) is -0.944. The molecule has 0 spiro atoms. The Bertz CT molecular complexity index is 1210. The molecular formula is C26H28N2O5. The maximum absolute atomic E-state index is 13.2. The van der Waals surface area contributed by atoms with Gasteiger partial charge in [0.25, 0.3) is 11.7 Å². The number of carbonyl (C=O) groups excluding carboxylic acids is 2. The molecule has 2 heterocycles. The van der Waals surface area contributed by atoms with Gasteiger partial charge in [0, 0.05) is 29.2 Å². The van der Waals surface area contributed by atoms with Crippen LogP contribution in [0.15, 0.2) is 60.3 Å². The topological polar surface area (TPSA) is 91.9 Å². The van der Waals surface area contributed by atoms with Crippen molar-refractivity contribution in [1.82, 2.24) is 9.88 Å². The van der Waals surface area contributed by atoms with E-state index in [-0.39, 0.29) is 30.6 Å². The van der Waals surface area contributed by atoms with Crippen molar-refractivity contribution in [2.45, 2.75) is 32.9 Å². The number of benzene rings is 2. The number of aromatic amines is 1. The zero-order valence-electron chi connectivity index (χ0n) is 19.0. The molecule has 0 saturated carbocycles. The van der Waals surface area contributed by atoms with Gasteiger partial charge in [0.05, 0.1) is 30.9 Å². The number of nitrogens with zero attached hydrogens (tertiary/aromatic N) is 1. The number of nitrogens with one attached hydrogen (secondary N) is 1. The maximum atomic E-state index is 13.2. The van der Waals surface area contributed by atoms with Crippen molar-refractivity contribution in [3.63, 3.8) is 0 Å². The third-order valence-corrected chi connectivity index (χ3v) is 5.65. The van der Waals surface area contributed by atoms with E-state index in [9.17, 15) is 14.7 Å². The first-order chi connectivity index (χ1) is 15.9. The van der Waals surface area contributed by atoms with Crippen LogP contribution in [-0.2, 0) is 14.3 Å². The standard InChI is InChI=1S/C26H28N2O5/c1-4-32-18-9-7-8-17(14-18)23-22(25(30)26(31)28(23)12-13-33-16(2)3)24(29)20-15-27-21-11-6-5-10-19(20)21/h5-11,14-16,23,27,29H,4,12-13H2,1-3H3/b24-22-. The first-order valence-electron chi connectivity index (χ1n) is 11.1. The van der Waals surface area contributed by atoms with Crippen molar-refractivity contribution in [3.8, 4) is 5.75 Å². The van der Waals surface area contributed by atoms with Crippen molar-refractivity contribution in [2.24, 2.45) is 0 Å². The van der Waals surface area contributed by atoms with Crippen LogP contribution in [0.1, 0.15) is 37.9 Å². The Morgan fingerprint density at radius 2 is 1.94 bits per heavy atom. The third-order valence-electron chi connectivity index (χ3n) is 5.65.